The first kappa shape index (κ1) is 16.8. The van der Waals surface area contributed by atoms with Crippen molar-refractivity contribution in [3.8, 4) is 0 Å². The van der Waals surface area contributed by atoms with Crippen molar-refractivity contribution in [1.82, 2.24) is 0 Å². The van der Waals surface area contributed by atoms with Gasteiger partial charge in [-0.1, -0.05) is 18.2 Å². The molecule has 0 aliphatic heterocycles. The third-order valence-corrected chi connectivity index (χ3v) is 7.13. The van der Waals surface area contributed by atoms with Crippen LogP contribution in [0, 0.1) is 38.5 Å². The molecule has 126 valence electrons. The molecule has 2 aliphatic carbocycles. The van der Waals surface area contributed by atoms with Crippen LogP contribution in [0.15, 0.2) is 24.8 Å². The molecular formula is C23H34. The molecule has 2 fully saturated rings. The highest BCUT2D eigenvalue weighted by Gasteiger charge is 2.31. The van der Waals surface area contributed by atoms with Crippen LogP contribution in [0.25, 0.3) is 0 Å². The average Bonchev–Trinajstić information content (AvgIpc) is 2.60. The predicted octanol–water partition coefficient (Wildman–Crippen LogP) is 6.88. The van der Waals surface area contributed by atoms with Crippen molar-refractivity contribution in [1.29, 1.82) is 0 Å². The Kier molecular flexibility index (Phi) is 5.29. The Morgan fingerprint density at radius 3 is 1.91 bits per heavy atom. The molecule has 3 rings (SSSR count). The molecule has 0 unspecified atom stereocenters. The number of hydrogen-bond acceptors (Lipinski definition) is 0. The standard InChI is InChI=1S/C23H34/c1-5-19-7-9-20(10-8-19)21-11-13-22(14-12-21)23-15-6-16(2)17(3)18(23)4/h5-6,15,19-22H,1,7-14H2,2-4H3. The molecule has 0 spiro atoms. The minimum absolute atomic E-state index is 0.806. The topological polar surface area (TPSA) is 0 Å². The van der Waals surface area contributed by atoms with Crippen molar-refractivity contribution in [3.63, 3.8) is 0 Å². The molecule has 2 aliphatic rings. The van der Waals surface area contributed by atoms with Crippen LogP contribution in [-0.4, -0.2) is 0 Å². The third-order valence-electron chi connectivity index (χ3n) is 7.13. The maximum atomic E-state index is 3.99. The fraction of sp³-hybridized carbons (Fsp3) is 0.652. The minimum atomic E-state index is 0.806. The van der Waals surface area contributed by atoms with E-state index in [4.69, 9.17) is 0 Å². The number of hydrogen-bond donors (Lipinski definition) is 0. The lowest BCUT2D eigenvalue weighted by molar-refractivity contribution is 0.171. The molecule has 0 radical (unpaired) electrons. The van der Waals surface area contributed by atoms with Crippen molar-refractivity contribution >= 4 is 0 Å². The van der Waals surface area contributed by atoms with Gasteiger partial charge in [-0.3, -0.25) is 0 Å². The summed E-state index contributed by atoms with van der Waals surface area (Å²) in [6.45, 7) is 10.8. The van der Waals surface area contributed by atoms with Gasteiger partial charge in [0.25, 0.3) is 0 Å². The van der Waals surface area contributed by atoms with Gasteiger partial charge < -0.3 is 0 Å². The van der Waals surface area contributed by atoms with Crippen molar-refractivity contribution in [3.05, 3.63) is 47.0 Å². The van der Waals surface area contributed by atoms with E-state index in [1.807, 2.05) is 0 Å². The Morgan fingerprint density at radius 2 is 1.35 bits per heavy atom. The molecule has 0 heteroatoms. The molecule has 0 bridgehead atoms. The molecule has 0 amide bonds. The van der Waals surface area contributed by atoms with Gasteiger partial charge in [0, 0.05) is 0 Å². The predicted molar refractivity (Wildman–Crippen MR) is 101 cm³/mol. The smallest absolute Gasteiger partial charge is 0.0159 e. The normalized spacial score (nSPS) is 31.8. The van der Waals surface area contributed by atoms with E-state index in [0.717, 1.165) is 23.7 Å². The molecule has 1 aromatic rings. The first-order chi connectivity index (χ1) is 11.1. The Balaban J connectivity index is 1.59. The van der Waals surface area contributed by atoms with Gasteiger partial charge in [-0.05, 0) is 118 Å². The molecule has 0 nitrogen and oxygen atoms in total. The van der Waals surface area contributed by atoms with E-state index < -0.39 is 0 Å². The lowest BCUT2D eigenvalue weighted by Crippen LogP contribution is -2.25. The lowest BCUT2D eigenvalue weighted by atomic mass is 9.68. The van der Waals surface area contributed by atoms with Gasteiger partial charge in [-0.15, -0.1) is 6.58 Å². The first-order valence-corrected chi connectivity index (χ1v) is 9.79. The van der Waals surface area contributed by atoms with Crippen molar-refractivity contribution in [2.75, 3.05) is 0 Å². The van der Waals surface area contributed by atoms with E-state index in [2.05, 4.69) is 45.6 Å². The van der Waals surface area contributed by atoms with Crippen molar-refractivity contribution in [2.45, 2.75) is 78.1 Å². The highest BCUT2D eigenvalue weighted by Crippen LogP contribution is 2.44. The third kappa shape index (κ3) is 3.57. The number of benzene rings is 1. The van der Waals surface area contributed by atoms with Crippen LogP contribution < -0.4 is 0 Å². The number of allylic oxidation sites excluding steroid dienone is 1. The molecule has 23 heavy (non-hydrogen) atoms. The van der Waals surface area contributed by atoms with Crippen molar-refractivity contribution < 1.29 is 0 Å². The monoisotopic (exact) mass is 310 g/mol. The fourth-order valence-electron chi connectivity index (χ4n) is 5.17. The number of aryl methyl sites for hydroxylation is 1. The summed E-state index contributed by atoms with van der Waals surface area (Å²) in [7, 11) is 0. The summed E-state index contributed by atoms with van der Waals surface area (Å²) < 4.78 is 0. The summed E-state index contributed by atoms with van der Waals surface area (Å²) in [6.07, 6.45) is 13.6. The van der Waals surface area contributed by atoms with Crippen LogP contribution in [0.1, 0.15) is 79.5 Å². The maximum absolute atomic E-state index is 3.99. The molecule has 0 atom stereocenters. The quantitative estimate of drug-likeness (QED) is 0.534. The Hall–Kier alpha value is -1.04. The largest absolute Gasteiger partial charge is 0.103 e. The first-order valence-electron chi connectivity index (χ1n) is 9.79. The van der Waals surface area contributed by atoms with E-state index in [1.54, 1.807) is 11.1 Å². The second kappa shape index (κ2) is 7.24. The van der Waals surface area contributed by atoms with E-state index in [1.165, 1.54) is 62.5 Å². The highest BCUT2D eigenvalue weighted by atomic mass is 14.4. The van der Waals surface area contributed by atoms with Crippen LogP contribution in [0.2, 0.25) is 0 Å². The van der Waals surface area contributed by atoms with Crippen LogP contribution >= 0.6 is 0 Å². The SMILES string of the molecule is C=CC1CCC(C2CCC(c3ccc(C)c(C)c3C)CC2)CC1. The van der Waals surface area contributed by atoms with Gasteiger partial charge in [-0.25, -0.2) is 0 Å². The Bertz CT molecular complexity index is 537. The maximum Gasteiger partial charge on any atom is -0.0159 e. The minimum Gasteiger partial charge on any atom is -0.103 e. The second-order valence-electron chi connectivity index (χ2n) is 8.24. The summed E-state index contributed by atoms with van der Waals surface area (Å²) in [5.41, 5.74) is 6.15. The van der Waals surface area contributed by atoms with Crippen LogP contribution in [0.3, 0.4) is 0 Å². The van der Waals surface area contributed by atoms with Gasteiger partial charge in [0.05, 0.1) is 0 Å². The molecule has 0 heterocycles. The van der Waals surface area contributed by atoms with Gasteiger partial charge >= 0.3 is 0 Å². The lowest BCUT2D eigenvalue weighted by Gasteiger charge is -2.38. The average molecular weight is 311 g/mol. The van der Waals surface area contributed by atoms with E-state index in [-0.39, 0.29) is 0 Å². The Labute approximate surface area is 143 Å². The van der Waals surface area contributed by atoms with Gasteiger partial charge in [-0.2, -0.15) is 0 Å². The molecular weight excluding hydrogens is 276 g/mol. The zero-order chi connectivity index (χ0) is 16.4. The van der Waals surface area contributed by atoms with Crippen LogP contribution in [0.4, 0.5) is 0 Å². The summed E-state index contributed by atoms with van der Waals surface area (Å²) in [4.78, 5) is 0. The molecule has 1 aromatic carbocycles. The zero-order valence-corrected chi connectivity index (χ0v) is 15.4. The number of rotatable bonds is 3. The van der Waals surface area contributed by atoms with Crippen LogP contribution in [-0.2, 0) is 0 Å². The summed E-state index contributed by atoms with van der Waals surface area (Å²) in [5, 5.41) is 0. The van der Waals surface area contributed by atoms with Gasteiger partial charge in [0.2, 0.25) is 0 Å². The molecule has 0 aromatic heterocycles. The second-order valence-corrected chi connectivity index (χ2v) is 8.24. The van der Waals surface area contributed by atoms with Crippen LogP contribution in [0.5, 0.6) is 0 Å². The van der Waals surface area contributed by atoms with Gasteiger partial charge in [0.15, 0.2) is 0 Å². The van der Waals surface area contributed by atoms with E-state index in [0.29, 0.717) is 0 Å². The van der Waals surface area contributed by atoms with E-state index >= 15 is 0 Å². The molecule has 0 N–H and O–H groups in total. The molecule has 0 saturated heterocycles. The highest BCUT2D eigenvalue weighted by molar-refractivity contribution is 5.40. The van der Waals surface area contributed by atoms with Gasteiger partial charge in [0.1, 0.15) is 0 Å². The van der Waals surface area contributed by atoms with E-state index in [9.17, 15) is 0 Å². The Morgan fingerprint density at radius 1 is 0.783 bits per heavy atom. The van der Waals surface area contributed by atoms with Crippen molar-refractivity contribution in [2.24, 2.45) is 17.8 Å². The zero-order valence-electron chi connectivity index (χ0n) is 15.4. The summed E-state index contributed by atoms with van der Waals surface area (Å²) in [5.74, 6) is 3.63. The fourth-order valence-corrected chi connectivity index (χ4v) is 5.17. The summed E-state index contributed by atoms with van der Waals surface area (Å²) in [6, 6.07) is 4.75. The summed E-state index contributed by atoms with van der Waals surface area (Å²) >= 11 is 0. The molecule has 2 saturated carbocycles.